The maximum absolute atomic E-state index is 12.3. The SMILES string of the molecule is O=C(N/N=C\c1cc(Br)c(O)c(Br)c1)c1nn(Cc2ccc(Cl)cc2)cc1Br. The van der Waals surface area contributed by atoms with Crippen molar-refractivity contribution in [3.8, 4) is 5.75 Å². The molecule has 1 aromatic heterocycles. The van der Waals surface area contributed by atoms with Gasteiger partial charge in [-0.3, -0.25) is 9.48 Å². The molecule has 144 valence electrons. The van der Waals surface area contributed by atoms with Crippen LogP contribution < -0.4 is 5.43 Å². The molecule has 10 heteroatoms. The number of hydrazone groups is 1. The summed E-state index contributed by atoms with van der Waals surface area (Å²) in [5, 5.41) is 18.6. The van der Waals surface area contributed by atoms with E-state index in [0.29, 0.717) is 30.5 Å². The molecule has 0 unspecified atom stereocenters. The van der Waals surface area contributed by atoms with Crippen molar-refractivity contribution in [1.29, 1.82) is 0 Å². The number of carbonyl (C=O) groups excluding carboxylic acids is 1. The molecule has 1 amide bonds. The van der Waals surface area contributed by atoms with Gasteiger partial charge in [0.1, 0.15) is 5.75 Å². The first-order valence-corrected chi connectivity index (χ1v) is 10.6. The van der Waals surface area contributed by atoms with Crippen LogP contribution in [0.15, 0.2) is 61.1 Å². The van der Waals surface area contributed by atoms with Gasteiger partial charge in [0.25, 0.3) is 5.91 Å². The number of rotatable bonds is 5. The maximum atomic E-state index is 12.3. The van der Waals surface area contributed by atoms with Gasteiger partial charge in [0.2, 0.25) is 0 Å². The number of nitrogens with zero attached hydrogens (tertiary/aromatic N) is 3. The predicted molar refractivity (Wildman–Crippen MR) is 119 cm³/mol. The first kappa shape index (κ1) is 21.0. The number of amides is 1. The Balaban J connectivity index is 1.67. The number of hydrogen-bond acceptors (Lipinski definition) is 4. The van der Waals surface area contributed by atoms with Crippen molar-refractivity contribution in [2.45, 2.75) is 6.54 Å². The number of nitrogens with one attached hydrogen (secondary N) is 1. The molecule has 2 aromatic carbocycles. The number of benzene rings is 2. The Kier molecular flexibility index (Phi) is 6.92. The van der Waals surface area contributed by atoms with E-state index in [1.165, 1.54) is 6.21 Å². The summed E-state index contributed by atoms with van der Waals surface area (Å²) < 4.78 is 3.24. The van der Waals surface area contributed by atoms with Crippen LogP contribution in [0.1, 0.15) is 21.6 Å². The minimum absolute atomic E-state index is 0.0938. The number of hydrogen-bond donors (Lipinski definition) is 2. The van der Waals surface area contributed by atoms with Crippen LogP contribution in [-0.4, -0.2) is 27.0 Å². The highest BCUT2D eigenvalue weighted by atomic mass is 79.9. The van der Waals surface area contributed by atoms with E-state index in [0.717, 1.165) is 5.56 Å². The molecule has 0 saturated carbocycles. The first-order valence-electron chi connectivity index (χ1n) is 7.82. The van der Waals surface area contributed by atoms with Crippen LogP contribution in [0.25, 0.3) is 0 Å². The molecule has 28 heavy (non-hydrogen) atoms. The van der Waals surface area contributed by atoms with Crippen molar-refractivity contribution in [1.82, 2.24) is 15.2 Å². The molecule has 1 heterocycles. The number of halogens is 4. The fraction of sp³-hybridized carbons (Fsp3) is 0.0556. The maximum Gasteiger partial charge on any atom is 0.293 e. The van der Waals surface area contributed by atoms with E-state index in [-0.39, 0.29) is 11.4 Å². The molecular formula is C18H12Br3ClN4O2. The zero-order chi connectivity index (χ0) is 20.3. The molecule has 0 atom stereocenters. The minimum Gasteiger partial charge on any atom is -0.506 e. The quantitative estimate of drug-likeness (QED) is 0.311. The smallest absolute Gasteiger partial charge is 0.293 e. The molecule has 0 aliphatic carbocycles. The van der Waals surface area contributed by atoms with Crippen molar-refractivity contribution < 1.29 is 9.90 Å². The molecule has 0 fully saturated rings. The molecular weight excluding hydrogens is 579 g/mol. The van der Waals surface area contributed by atoms with Gasteiger partial charge < -0.3 is 5.11 Å². The van der Waals surface area contributed by atoms with E-state index in [2.05, 4.69) is 63.4 Å². The number of phenols is 1. The zero-order valence-electron chi connectivity index (χ0n) is 14.0. The Bertz CT molecular complexity index is 1030. The van der Waals surface area contributed by atoms with Gasteiger partial charge in [-0.05, 0) is 83.2 Å². The lowest BCUT2D eigenvalue weighted by molar-refractivity contribution is 0.0948. The van der Waals surface area contributed by atoms with E-state index in [1.807, 2.05) is 12.1 Å². The molecule has 3 rings (SSSR count). The van der Waals surface area contributed by atoms with Crippen LogP contribution >= 0.6 is 59.4 Å². The Morgan fingerprint density at radius 2 is 1.82 bits per heavy atom. The predicted octanol–water partition coefficient (Wildman–Crippen LogP) is 5.34. The lowest BCUT2D eigenvalue weighted by atomic mass is 10.2. The third-order valence-corrected chi connectivity index (χ3v) is 5.65. The van der Waals surface area contributed by atoms with Gasteiger partial charge in [-0.25, -0.2) is 5.43 Å². The van der Waals surface area contributed by atoms with Crippen molar-refractivity contribution in [2.75, 3.05) is 0 Å². The normalized spacial score (nSPS) is 11.1. The lowest BCUT2D eigenvalue weighted by Gasteiger charge is -2.02. The van der Waals surface area contributed by atoms with Crippen LogP contribution in [0.5, 0.6) is 5.75 Å². The summed E-state index contributed by atoms with van der Waals surface area (Å²) in [6.45, 7) is 0.502. The Labute approximate surface area is 191 Å². The van der Waals surface area contributed by atoms with Gasteiger partial charge in [0, 0.05) is 11.2 Å². The summed E-state index contributed by atoms with van der Waals surface area (Å²) in [6.07, 6.45) is 3.19. The second-order valence-electron chi connectivity index (χ2n) is 5.68. The Hall–Kier alpha value is -1.68. The number of aromatic hydroxyl groups is 1. The van der Waals surface area contributed by atoms with Gasteiger partial charge in [0.05, 0.1) is 26.2 Å². The van der Waals surface area contributed by atoms with Gasteiger partial charge in [-0.2, -0.15) is 10.2 Å². The van der Waals surface area contributed by atoms with Gasteiger partial charge >= 0.3 is 0 Å². The molecule has 0 aliphatic heterocycles. The van der Waals surface area contributed by atoms with Crippen LogP contribution in [0.4, 0.5) is 0 Å². The van der Waals surface area contributed by atoms with E-state index in [4.69, 9.17) is 11.6 Å². The molecule has 2 N–H and O–H groups in total. The first-order chi connectivity index (χ1) is 13.3. The van der Waals surface area contributed by atoms with Crippen molar-refractivity contribution >= 4 is 71.5 Å². The van der Waals surface area contributed by atoms with Crippen LogP contribution in [-0.2, 0) is 6.54 Å². The van der Waals surface area contributed by atoms with E-state index >= 15 is 0 Å². The van der Waals surface area contributed by atoms with Crippen molar-refractivity contribution in [3.05, 3.63) is 77.9 Å². The van der Waals surface area contributed by atoms with Gasteiger partial charge in [-0.15, -0.1) is 0 Å². The average Bonchev–Trinajstić information content (AvgIpc) is 3.01. The summed E-state index contributed by atoms with van der Waals surface area (Å²) in [7, 11) is 0. The molecule has 0 radical (unpaired) electrons. The average molecular weight is 591 g/mol. The highest BCUT2D eigenvalue weighted by Crippen LogP contribution is 2.32. The highest BCUT2D eigenvalue weighted by Gasteiger charge is 2.15. The van der Waals surface area contributed by atoms with Crippen molar-refractivity contribution in [2.24, 2.45) is 5.10 Å². The zero-order valence-corrected chi connectivity index (χ0v) is 19.5. The number of aromatic nitrogens is 2. The monoisotopic (exact) mass is 588 g/mol. The molecule has 0 saturated heterocycles. The summed E-state index contributed by atoms with van der Waals surface area (Å²) in [4.78, 5) is 12.3. The summed E-state index contributed by atoms with van der Waals surface area (Å²) >= 11 is 15.7. The highest BCUT2D eigenvalue weighted by molar-refractivity contribution is 9.11. The van der Waals surface area contributed by atoms with Crippen LogP contribution in [0, 0.1) is 0 Å². The topological polar surface area (TPSA) is 79.5 Å². The molecule has 6 nitrogen and oxygen atoms in total. The van der Waals surface area contributed by atoms with Crippen LogP contribution in [0.3, 0.4) is 0 Å². The van der Waals surface area contributed by atoms with Crippen LogP contribution in [0.2, 0.25) is 5.02 Å². The number of carbonyl (C=O) groups is 1. The molecule has 3 aromatic rings. The molecule has 0 spiro atoms. The minimum atomic E-state index is -0.449. The van der Waals surface area contributed by atoms with Gasteiger partial charge in [0.15, 0.2) is 5.69 Å². The number of phenolic OH excluding ortho intramolecular Hbond substituents is 1. The van der Waals surface area contributed by atoms with E-state index < -0.39 is 5.91 Å². The van der Waals surface area contributed by atoms with E-state index in [1.54, 1.807) is 35.1 Å². The largest absolute Gasteiger partial charge is 0.506 e. The van der Waals surface area contributed by atoms with Crippen molar-refractivity contribution in [3.63, 3.8) is 0 Å². The third kappa shape index (κ3) is 5.22. The summed E-state index contributed by atoms with van der Waals surface area (Å²) in [5.41, 5.74) is 4.35. The standard InChI is InChI=1S/C18H12Br3ClN4O2/c19-13-5-11(6-14(20)17(13)27)7-23-24-18(28)16-15(21)9-26(25-16)8-10-1-3-12(22)4-2-10/h1-7,9,27H,8H2,(H,24,28)/b23-7-. The lowest BCUT2D eigenvalue weighted by Crippen LogP contribution is -2.19. The Morgan fingerprint density at radius 1 is 1.18 bits per heavy atom. The molecule has 0 aliphatic rings. The third-order valence-electron chi connectivity index (χ3n) is 3.61. The van der Waals surface area contributed by atoms with E-state index in [9.17, 15) is 9.90 Å². The molecule has 0 bridgehead atoms. The fourth-order valence-corrected chi connectivity index (χ4v) is 4.13. The second-order valence-corrected chi connectivity index (χ2v) is 8.68. The second kappa shape index (κ2) is 9.21. The summed E-state index contributed by atoms with van der Waals surface area (Å²) in [6, 6.07) is 10.8. The fourth-order valence-electron chi connectivity index (χ4n) is 2.29. The Morgan fingerprint density at radius 3 is 2.46 bits per heavy atom. The summed E-state index contributed by atoms with van der Waals surface area (Å²) in [5.74, 6) is -0.355. The van der Waals surface area contributed by atoms with Gasteiger partial charge in [-0.1, -0.05) is 23.7 Å².